The zero-order valence-corrected chi connectivity index (χ0v) is 16.3. The second-order valence-corrected chi connectivity index (χ2v) is 6.43. The zero-order chi connectivity index (χ0) is 25.0. The average Bonchev–Trinajstić information content (AvgIpc) is 2.74. The molecule has 2 rings (SSSR count). The fraction of sp³-hybridized carbons (Fsp3) is 0.474. The van der Waals surface area contributed by atoms with E-state index in [1.807, 2.05) is 0 Å². The van der Waals surface area contributed by atoms with Crippen LogP contribution in [0.2, 0.25) is 0 Å². The fourth-order valence-corrected chi connectivity index (χ4v) is 2.77. The van der Waals surface area contributed by atoms with E-state index in [1.165, 1.54) is 36.9 Å². The smallest absolute Gasteiger partial charge is 0.332 e. The van der Waals surface area contributed by atoms with Crippen molar-refractivity contribution in [3.8, 4) is 0 Å². The number of nitro benzene ring substituents is 1. The predicted molar refractivity (Wildman–Crippen MR) is 110 cm³/mol. The van der Waals surface area contributed by atoms with Crippen LogP contribution in [0, 0.1) is 10.1 Å². The first kappa shape index (κ1) is 16.9. The van der Waals surface area contributed by atoms with Gasteiger partial charge in [0, 0.05) is 54.6 Å². The van der Waals surface area contributed by atoms with E-state index in [0.717, 1.165) is 15.0 Å². The van der Waals surface area contributed by atoms with Crippen LogP contribution in [0.25, 0.3) is 0 Å². The van der Waals surface area contributed by atoms with Gasteiger partial charge in [-0.25, -0.2) is 4.79 Å². The Balaban J connectivity index is 2.08. The first-order valence-corrected chi connectivity index (χ1v) is 8.97. The second-order valence-electron chi connectivity index (χ2n) is 6.43. The molecular formula is C19H27N5O5. The maximum atomic E-state index is 12.0. The van der Waals surface area contributed by atoms with Gasteiger partial charge in [-0.2, -0.15) is 0 Å². The molecule has 0 saturated carbocycles. The Morgan fingerprint density at radius 3 is 2.52 bits per heavy atom. The Morgan fingerprint density at radius 2 is 1.90 bits per heavy atom. The lowest BCUT2D eigenvalue weighted by Gasteiger charge is -2.22. The van der Waals surface area contributed by atoms with Crippen LogP contribution in [-0.2, 0) is 20.5 Å². The molecule has 0 aliphatic carbocycles. The van der Waals surface area contributed by atoms with E-state index in [-0.39, 0.29) is 31.1 Å². The molecular weight excluding hydrogens is 378 g/mol. The van der Waals surface area contributed by atoms with Gasteiger partial charge < -0.3 is 10.4 Å². The van der Waals surface area contributed by atoms with Crippen molar-refractivity contribution in [2.75, 3.05) is 38.0 Å². The summed E-state index contributed by atoms with van der Waals surface area (Å²) in [4.78, 5) is 35.3. The van der Waals surface area contributed by atoms with Crippen LogP contribution in [0.3, 0.4) is 0 Å². The summed E-state index contributed by atoms with van der Waals surface area (Å²) in [5, 5.41) is 23.3. The number of aryl methyl sites for hydroxylation is 1. The highest BCUT2D eigenvalue weighted by atomic mass is 16.6. The van der Waals surface area contributed by atoms with Crippen LogP contribution < -0.4 is 16.6 Å². The van der Waals surface area contributed by atoms with E-state index in [2.05, 4.69) is 5.32 Å². The third-order valence-electron chi connectivity index (χ3n) is 4.46. The number of hydrogen-bond donors (Lipinski definition) is 2. The number of nitrogens with zero attached hydrogens (tertiary/aromatic N) is 4. The van der Waals surface area contributed by atoms with Crippen LogP contribution in [0.15, 0.2) is 39.9 Å². The number of hydrogen-bond acceptors (Lipinski definition) is 7. The maximum absolute atomic E-state index is 12.0. The molecule has 0 bridgehead atoms. The molecule has 0 atom stereocenters. The molecule has 10 heteroatoms. The summed E-state index contributed by atoms with van der Waals surface area (Å²) < 4.78 is 33.3. The third kappa shape index (κ3) is 6.26. The Labute approximate surface area is 173 Å². The number of nitrogens with one attached hydrogen (secondary N) is 1. The van der Waals surface area contributed by atoms with Crippen molar-refractivity contribution in [3.63, 3.8) is 0 Å². The molecule has 0 radical (unpaired) electrons. The van der Waals surface area contributed by atoms with Crippen LogP contribution in [0.4, 0.5) is 11.5 Å². The van der Waals surface area contributed by atoms with Gasteiger partial charge in [0.15, 0.2) is 0 Å². The summed E-state index contributed by atoms with van der Waals surface area (Å²) in [7, 11) is 2.82. The van der Waals surface area contributed by atoms with Gasteiger partial charge in [-0.3, -0.25) is 28.9 Å². The van der Waals surface area contributed by atoms with Crippen LogP contribution in [0.1, 0.15) is 17.5 Å². The highest BCUT2D eigenvalue weighted by Gasteiger charge is 2.08. The van der Waals surface area contributed by atoms with E-state index in [9.17, 15) is 24.8 Å². The summed E-state index contributed by atoms with van der Waals surface area (Å²) in [6, 6.07) is 7.16. The van der Waals surface area contributed by atoms with Crippen molar-refractivity contribution < 1.29 is 15.5 Å². The quantitative estimate of drug-likeness (QED) is 0.405. The van der Waals surface area contributed by atoms with Crippen molar-refractivity contribution in [1.82, 2.24) is 14.0 Å². The number of rotatable bonds is 11. The first-order chi connectivity index (χ1) is 15.3. The number of non-ortho nitro benzene ring substituents is 1. The average molecular weight is 409 g/mol. The minimum absolute atomic E-state index is 0.0404. The van der Waals surface area contributed by atoms with Gasteiger partial charge in [-0.1, -0.05) is 12.1 Å². The minimum atomic E-state index is -3.14. The van der Waals surface area contributed by atoms with Gasteiger partial charge >= 0.3 is 5.69 Å². The summed E-state index contributed by atoms with van der Waals surface area (Å²) in [6.45, 7) is -5.77. The van der Waals surface area contributed by atoms with Crippen molar-refractivity contribution in [3.05, 3.63) is 66.8 Å². The molecule has 158 valence electrons. The lowest BCUT2D eigenvalue weighted by Crippen LogP contribution is -2.38. The Hall–Kier alpha value is -2.98. The van der Waals surface area contributed by atoms with Crippen molar-refractivity contribution in [2.45, 2.75) is 12.8 Å². The third-order valence-corrected chi connectivity index (χ3v) is 4.46. The Bertz CT molecular complexity index is 1100. The Kier molecular flexibility index (Phi) is 6.15. The molecule has 1 heterocycles. The monoisotopic (exact) mass is 409 g/mol. The molecule has 0 amide bonds. The van der Waals surface area contributed by atoms with Crippen molar-refractivity contribution in [2.24, 2.45) is 14.1 Å². The van der Waals surface area contributed by atoms with Crippen molar-refractivity contribution >= 4 is 11.5 Å². The molecule has 2 N–H and O–H groups in total. The molecule has 0 saturated heterocycles. The molecule has 0 unspecified atom stereocenters. The predicted octanol–water partition coefficient (Wildman–Crippen LogP) is 0.331. The van der Waals surface area contributed by atoms with Crippen LogP contribution in [0.5, 0.6) is 0 Å². The highest BCUT2D eigenvalue weighted by molar-refractivity contribution is 5.34. The number of aliphatic hydroxyl groups is 1. The molecule has 29 heavy (non-hydrogen) atoms. The van der Waals surface area contributed by atoms with E-state index >= 15 is 0 Å². The zero-order valence-electron chi connectivity index (χ0n) is 20.3. The van der Waals surface area contributed by atoms with E-state index < -0.39 is 29.2 Å². The van der Waals surface area contributed by atoms with Gasteiger partial charge in [-0.15, -0.1) is 0 Å². The molecule has 0 aliphatic heterocycles. The lowest BCUT2D eigenvalue weighted by atomic mass is 10.1. The van der Waals surface area contributed by atoms with Gasteiger partial charge in [0.25, 0.3) is 11.2 Å². The molecule has 10 nitrogen and oxygen atoms in total. The first-order valence-electron chi connectivity index (χ1n) is 11.0. The van der Waals surface area contributed by atoms with Gasteiger partial charge in [0.1, 0.15) is 5.82 Å². The summed E-state index contributed by atoms with van der Waals surface area (Å²) in [5.74, 6) is 0.224. The summed E-state index contributed by atoms with van der Waals surface area (Å²) >= 11 is 0. The van der Waals surface area contributed by atoms with Gasteiger partial charge in [0.05, 0.1) is 14.2 Å². The maximum Gasteiger partial charge on any atom is 0.332 e. The second kappa shape index (κ2) is 10.5. The van der Waals surface area contributed by atoms with Gasteiger partial charge in [0.2, 0.25) is 0 Å². The number of anilines is 1. The van der Waals surface area contributed by atoms with E-state index in [4.69, 9.17) is 5.48 Å². The molecule has 0 spiro atoms. The van der Waals surface area contributed by atoms with Gasteiger partial charge in [-0.05, 0) is 24.9 Å². The SMILES string of the molecule is [2H]C([2H])(O)C([2H])([2H])N(CCCc1ccc([N+](=O)[O-])cc1)CCNc1cc(=O)n(C)c(=O)n1C. The number of benzene rings is 1. The Morgan fingerprint density at radius 1 is 1.21 bits per heavy atom. The van der Waals surface area contributed by atoms with E-state index in [1.54, 1.807) is 12.1 Å². The van der Waals surface area contributed by atoms with E-state index in [0.29, 0.717) is 12.8 Å². The van der Waals surface area contributed by atoms with Crippen molar-refractivity contribution in [1.29, 1.82) is 0 Å². The summed E-state index contributed by atoms with van der Waals surface area (Å²) in [6.07, 6.45) is 0.841. The fourth-order valence-electron chi connectivity index (χ4n) is 2.77. The normalized spacial score (nSPS) is 14.1. The molecule has 0 aliphatic rings. The summed E-state index contributed by atoms with van der Waals surface area (Å²) in [5.41, 5.74) is -0.294. The minimum Gasteiger partial charge on any atom is -0.395 e. The standard InChI is InChI=1S/C19H27N5O5/c1-21-17(14-18(26)22(2)19(21)27)20-9-11-23(12-13-25)10-3-4-15-5-7-16(8-6-15)24(28)29/h5-8,14,20,25H,3-4,9-13H2,1-2H3/i12D2,13D2. The van der Waals surface area contributed by atoms with Crippen LogP contribution in [-0.4, -0.2) is 56.8 Å². The lowest BCUT2D eigenvalue weighted by molar-refractivity contribution is -0.384. The topological polar surface area (TPSA) is 123 Å². The van der Waals surface area contributed by atoms with Crippen LogP contribution >= 0.6 is 0 Å². The number of aromatic nitrogens is 2. The molecule has 1 aromatic heterocycles. The molecule has 0 fully saturated rings. The number of nitro groups is 1. The molecule has 1 aromatic carbocycles. The molecule has 2 aromatic rings. The highest BCUT2D eigenvalue weighted by Crippen LogP contribution is 2.13. The largest absolute Gasteiger partial charge is 0.395 e.